The van der Waals surface area contributed by atoms with E-state index in [1.54, 1.807) is 44.2 Å². The van der Waals surface area contributed by atoms with E-state index in [-0.39, 0.29) is 19.8 Å². The third-order valence-electron chi connectivity index (χ3n) is 5.93. The van der Waals surface area contributed by atoms with E-state index in [2.05, 4.69) is 0 Å². The molecule has 1 N–H and O–H groups in total. The number of carbonyl (C=O) groups excluding carboxylic acids is 1. The van der Waals surface area contributed by atoms with Crippen LogP contribution in [0.5, 0.6) is 0 Å². The molecule has 2 atom stereocenters. The van der Waals surface area contributed by atoms with Gasteiger partial charge in [-0.1, -0.05) is 78.4 Å². The number of aliphatic hydroxyl groups is 1. The second-order valence-corrected chi connectivity index (χ2v) is 9.96. The third kappa shape index (κ3) is 4.96. The van der Waals surface area contributed by atoms with Gasteiger partial charge in [-0.05, 0) is 38.0 Å². The summed E-state index contributed by atoms with van der Waals surface area (Å²) in [6, 6.07) is 23.7. The Labute approximate surface area is 205 Å². The summed E-state index contributed by atoms with van der Waals surface area (Å²) in [6.07, 6.45) is -1.35. The molecule has 0 saturated heterocycles. The normalized spacial score (nSPS) is 18.5. The second-order valence-electron chi connectivity index (χ2n) is 8.34. The minimum atomic E-state index is -4.10. The number of benzene rings is 3. The summed E-state index contributed by atoms with van der Waals surface area (Å²) in [4.78, 5) is 15.5. The first kappa shape index (κ1) is 25.3. The van der Waals surface area contributed by atoms with E-state index in [4.69, 9.17) is 13.6 Å². The molecule has 3 aromatic carbocycles. The van der Waals surface area contributed by atoms with Crippen LogP contribution >= 0.6 is 7.82 Å². The molecule has 1 aliphatic rings. The van der Waals surface area contributed by atoms with E-state index in [1.165, 1.54) is 4.90 Å². The van der Waals surface area contributed by atoms with Crippen molar-refractivity contribution in [2.24, 2.45) is 0 Å². The van der Waals surface area contributed by atoms with Gasteiger partial charge in [0.05, 0.1) is 25.4 Å². The van der Waals surface area contributed by atoms with Crippen molar-refractivity contribution in [1.29, 1.82) is 0 Å². The molecule has 0 aliphatic carbocycles. The van der Waals surface area contributed by atoms with Crippen molar-refractivity contribution in [1.82, 2.24) is 0 Å². The highest BCUT2D eigenvalue weighted by Crippen LogP contribution is 2.59. The quantitative estimate of drug-likeness (QED) is 0.365. The highest BCUT2D eigenvalue weighted by atomic mass is 31.2. The van der Waals surface area contributed by atoms with Crippen molar-refractivity contribution in [3.63, 3.8) is 0 Å². The minimum Gasteiger partial charge on any atom is -0.373 e. The van der Waals surface area contributed by atoms with Crippen LogP contribution in [0.25, 0.3) is 0 Å². The fourth-order valence-corrected chi connectivity index (χ4v) is 5.66. The number of anilines is 1. The van der Waals surface area contributed by atoms with Gasteiger partial charge < -0.3 is 10.0 Å². The Morgan fingerprint density at radius 3 is 2.14 bits per heavy atom. The summed E-state index contributed by atoms with van der Waals surface area (Å²) >= 11 is 0. The predicted octanol–water partition coefficient (Wildman–Crippen LogP) is 5.67. The summed E-state index contributed by atoms with van der Waals surface area (Å²) in [5.41, 5.74) is 1.13. The molecule has 1 amide bonds. The van der Waals surface area contributed by atoms with Crippen molar-refractivity contribution in [2.45, 2.75) is 39.0 Å². The topological polar surface area (TPSA) is 85.3 Å². The maximum Gasteiger partial charge on any atom is 0.475 e. The first-order chi connectivity index (χ1) is 16.8. The Morgan fingerprint density at radius 1 is 0.914 bits per heavy atom. The number of phosphoric ester groups is 1. The van der Waals surface area contributed by atoms with E-state index >= 15 is 0 Å². The highest BCUT2D eigenvalue weighted by molar-refractivity contribution is 7.48. The molecular weight excluding hydrogens is 465 g/mol. The maximum absolute atomic E-state index is 14.0. The molecule has 35 heavy (non-hydrogen) atoms. The van der Waals surface area contributed by atoms with E-state index in [0.717, 1.165) is 11.1 Å². The van der Waals surface area contributed by atoms with Crippen molar-refractivity contribution in [3.8, 4) is 0 Å². The summed E-state index contributed by atoms with van der Waals surface area (Å²) in [7, 11) is -4.10. The molecule has 8 heteroatoms. The molecule has 1 aliphatic heterocycles. The zero-order valence-electron chi connectivity index (χ0n) is 20.1. The van der Waals surface area contributed by atoms with Crippen molar-refractivity contribution in [2.75, 3.05) is 18.1 Å². The maximum atomic E-state index is 14.0. The first-order valence-electron chi connectivity index (χ1n) is 11.6. The van der Waals surface area contributed by atoms with Gasteiger partial charge in [0.1, 0.15) is 6.10 Å². The molecule has 0 radical (unpaired) electrons. The number of amides is 1. The number of phosphoric acid groups is 1. The number of para-hydroxylation sites is 1. The smallest absolute Gasteiger partial charge is 0.373 e. The summed E-state index contributed by atoms with van der Waals surface area (Å²) < 4.78 is 30.2. The minimum absolute atomic E-state index is 0.0704. The zero-order valence-corrected chi connectivity index (χ0v) is 21.0. The highest BCUT2D eigenvalue weighted by Gasteiger charge is 2.57. The van der Waals surface area contributed by atoms with Crippen LogP contribution in [0.1, 0.15) is 42.2 Å². The van der Waals surface area contributed by atoms with Gasteiger partial charge in [-0.2, -0.15) is 0 Å². The molecule has 184 valence electrons. The number of carbonyl (C=O) groups is 1. The number of nitrogens with zero attached hydrogens (tertiary/aromatic N) is 1. The SMILES string of the molecule is CCOP(=O)(OCC)O[C@@H](c1ccc(C)cc1)[C@@]1(O)C(=O)N(Cc2ccccc2)c2ccccc21. The standard InChI is InChI=1S/C27H30NO6P/c1-4-32-35(31,33-5-2)34-25(22-17-15-20(3)16-18-22)27(30)23-13-9-10-14-24(23)28(26(27)29)19-21-11-7-6-8-12-21/h6-18,25,30H,4-5,19H2,1-3H3/t25-,27+/m0/s1. The molecule has 7 nitrogen and oxygen atoms in total. The van der Waals surface area contributed by atoms with E-state index in [1.807, 2.05) is 55.5 Å². The lowest BCUT2D eigenvalue weighted by molar-refractivity contribution is -0.149. The molecule has 0 saturated carbocycles. The van der Waals surface area contributed by atoms with Crippen LogP contribution in [-0.2, 0) is 35.1 Å². The molecule has 4 rings (SSSR count). The van der Waals surface area contributed by atoms with Crippen molar-refractivity contribution >= 4 is 19.4 Å². The Morgan fingerprint density at radius 2 is 1.51 bits per heavy atom. The molecule has 0 fully saturated rings. The molecule has 0 spiro atoms. The lowest BCUT2D eigenvalue weighted by atomic mass is 9.85. The molecule has 0 unspecified atom stereocenters. The predicted molar refractivity (Wildman–Crippen MR) is 134 cm³/mol. The first-order valence-corrected chi connectivity index (χ1v) is 13.1. The third-order valence-corrected chi connectivity index (χ3v) is 7.55. The second kappa shape index (κ2) is 10.4. The number of aryl methyl sites for hydroxylation is 1. The molecule has 0 bridgehead atoms. The molecule has 1 heterocycles. The van der Waals surface area contributed by atoms with Crippen LogP contribution in [-0.4, -0.2) is 24.2 Å². The van der Waals surface area contributed by atoms with Crippen LogP contribution in [0.15, 0.2) is 78.9 Å². The van der Waals surface area contributed by atoms with Crippen LogP contribution in [0.2, 0.25) is 0 Å². The zero-order chi connectivity index (χ0) is 25.1. The van der Waals surface area contributed by atoms with Crippen LogP contribution in [0, 0.1) is 6.92 Å². The largest absolute Gasteiger partial charge is 0.475 e. The van der Waals surface area contributed by atoms with Gasteiger partial charge in [0, 0.05) is 5.56 Å². The van der Waals surface area contributed by atoms with Crippen molar-refractivity contribution in [3.05, 3.63) is 101 Å². The Hall–Kier alpha value is -2.80. The number of rotatable bonds is 10. The Kier molecular flexibility index (Phi) is 7.55. The van der Waals surface area contributed by atoms with Gasteiger partial charge in [-0.15, -0.1) is 0 Å². The van der Waals surface area contributed by atoms with Gasteiger partial charge in [0.15, 0.2) is 0 Å². The molecule has 0 aromatic heterocycles. The summed E-state index contributed by atoms with van der Waals surface area (Å²) in [6.45, 7) is 5.66. The van der Waals surface area contributed by atoms with Gasteiger partial charge >= 0.3 is 7.82 Å². The Bertz CT molecular complexity index is 1210. The average molecular weight is 496 g/mol. The lowest BCUT2D eigenvalue weighted by Gasteiger charge is -2.34. The summed E-state index contributed by atoms with van der Waals surface area (Å²) in [5.74, 6) is -0.576. The van der Waals surface area contributed by atoms with Gasteiger partial charge in [-0.25, -0.2) is 4.57 Å². The van der Waals surface area contributed by atoms with E-state index in [0.29, 0.717) is 16.8 Å². The Balaban J connectivity index is 1.84. The van der Waals surface area contributed by atoms with E-state index < -0.39 is 25.4 Å². The molecular formula is C27H30NO6P. The van der Waals surface area contributed by atoms with Crippen LogP contribution in [0.3, 0.4) is 0 Å². The van der Waals surface area contributed by atoms with Crippen LogP contribution < -0.4 is 4.90 Å². The monoisotopic (exact) mass is 495 g/mol. The number of hydrogen-bond acceptors (Lipinski definition) is 6. The number of hydrogen-bond donors (Lipinski definition) is 1. The average Bonchev–Trinajstić information content (AvgIpc) is 3.07. The fourth-order valence-electron chi connectivity index (χ4n) is 4.30. The lowest BCUT2D eigenvalue weighted by Crippen LogP contribution is -2.45. The molecule has 3 aromatic rings. The van der Waals surface area contributed by atoms with E-state index in [9.17, 15) is 14.5 Å². The summed E-state index contributed by atoms with van der Waals surface area (Å²) in [5, 5.41) is 12.2. The fraction of sp³-hybridized carbons (Fsp3) is 0.296. The van der Waals surface area contributed by atoms with Gasteiger partial charge in [0.25, 0.3) is 5.91 Å². The van der Waals surface area contributed by atoms with Gasteiger partial charge in [0.2, 0.25) is 5.60 Å². The van der Waals surface area contributed by atoms with Crippen molar-refractivity contribution < 1.29 is 28.0 Å². The van der Waals surface area contributed by atoms with Gasteiger partial charge in [-0.3, -0.25) is 18.4 Å². The van der Waals surface area contributed by atoms with Crippen LogP contribution in [0.4, 0.5) is 5.69 Å². The number of fused-ring (bicyclic) bond motifs is 1.